The Hall–Kier alpha value is -1.99. The molecule has 3 nitrogen and oxygen atoms in total. The van der Waals surface area contributed by atoms with Gasteiger partial charge in [-0.1, -0.05) is 12.1 Å². The van der Waals surface area contributed by atoms with Crippen molar-refractivity contribution < 1.29 is 26.2 Å². The van der Waals surface area contributed by atoms with Crippen molar-refractivity contribution in [3.63, 3.8) is 0 Å². The fraction of sp³-hybridized carbons (Fsp3) is 0.182. The first-order chi connectivity index (χ1) is 8.86. The van der Waals surface area contributed by atoms with Crippen LogP contribution in [0.3, 0.4) is 0 Å². The normalized spacial score (nSPS) is 14.1. The fourth-order valence-electron chi connectivity index (χ4n) is 1.79. The van der Waals surface area contributed by atoms with Crippen molar-refractivity contribution in [2.24, 2.45) is 0 Å². The summed E-state index contributed by atoms with van der Waals surface area (Å²) in [6.07, 6.45) is 4.18. The minimum absolute atomic E-state index is 0.897. The summed E-state index contributed by atoms with van der Waals surface area (Å²) in [5, 5.41) is 0. The van der Waals surface area contributed by atoms with E-state index >= 15 is 0 Å². The molecule has 0 aliphatic carbocycles. The molecule has 0 saturated heterocycles. The highest BCUT2D eigenvalue weighted by atomic mass is 19.5. The Morgan fingerprint density at radius 3 is 2.53 bits per heavy atom. The van der Waals surface area contributed by atoms with Crippen molar-refractivity contribution >= 4 is 30.6 Å². The summed E-state index contributed by atoms with van der Waals surface area (Å²) >= 11 is 0. The third-order valence-electron chi connectivity index (χ3n) is 2.49. The zero-order valence-corrected chi connectivity index (χ0v) is 10.1. The van der Waals surface area contributed by atoms with E-state index in [4.69, 9.17) is 4.42 Å². The molecule has 0 amide bonds. The summed E-state index contributed by atoms with van der Waals surface area (Å²) in [7, 11) is -3.97. The quantitative estimate of drug-likeness (QED) is 0.418. The van der Waals surface area contributed by atoms with Crippen molar-refractivity contribution in [2.75, 3.05) is 18.5 Å². The molecular formula is C11H11BF4N2O. The Balaban J connectivity index is 0.000000232. The number of anilines is 1. The van der Waals surface area contributed by atoms with Gasteiger partial charge in [-0.15, -0.1) is 0 Å². The summed E-state index contributed by atoms with van der Waals surface area (Å²) in [4.78, 5) is 2.08. The number of rotatable bonds is 0. The maximum absolute atomic E-state index is 9.75. The molecule has 1 aromatic carbocycles. The Labute approximate surface area is 106 Å². The van der Waals surface area contributed by atoms with Gasteiger partial charge in [-0.25, -0.2) is 4.90 Å². The molecule has 0 unspecified atom stereocenters. The van der Waals surface area contributed by atoms with Gasteiger partial charge >= 0.3 is 13.3 Å². The van der Waals surface area contributed by atoms with Crippen LogP contribution < -0.4 is 9.47 Å². The molecule has 0 N–H and O–H groups in total. The number of hydrogen-bond acceptors (Lipinski definition) is 2. The first-order valence-electron chi connectivity index (χ1n) is 5.54. The topological polar surface area (TPSA) is 20.3 Å². The van der Waals surface area contributed by atoms with Crippen molar-refractivity contribution in [3.8, 4) is 0 Å². The second-order valence-corrected chi connectivity index (χ2v) is 3.98. The van der Waals surface area contributed by atoms with E-state index in [1.807, 2.05) is 25.2 Å². The van der Waals surface area contributed by atoms with Gasteiger partial charge in [0.2, 0.25) is 0 Å². The molecule has 1 aliphatic heterocycles. The van der Waals surface area contributed by atoms with Gasteiger partial charge in [0.25, 0.3) is 0 Å². The predicted octanol–water partition coefficient (Wildman–Crippen LogP) is 2.94. The van der Waals surface area contributed by atoms with Crippen molar-refractivity contribution in [2.45, 2.75) is 0 Å². The van der Waals surface area contributed by atoms with Crippen LogP contribution >= 0.6 is 0 Å². The minimum Gasteiger partial charge on any atom is -0.418 e. The summed E-state index contributed by atoms with van der Waals surface area (Å²) in [5.41, 5.74) is 2.05. The average Bonchev–Trinajstić information content (AvgIpc) is 2.67. The lowest BCUT2D eigenvalue weighted by Crippen LogP contribution is -2.37. The lowest BCUT2D eigenvalue weighted by molar-refractivity contribution is -0.531. The fourth-order valence-corrected chi connectivity index (χ4v) is 1.79. The predicted molar refractivity (Wildman–Crippen MR) is 65.2 cm³/mol. The summed E-state index contributed by atoms with van der Waals surface area (Å²) < 4.78 is 46.8. The van der Waals surface area contributed by atoms with Crippen LogP contribution in [0.25, 0.3) is 17.3 Å². The van der Waals surface area contributed by atoms with Gasteiger partial charge in [0, 0.05) is 0 Å². The monoisotopic (exact) mass is 274 g/mol. The molecule has 0 bridgehead atoms. The number of hydrogen-bond donors (Lipinski definition) is 0. The summed E-state index contributed by atoms with van der Waals surface area (Å²) in [6.45, 7) is 0.903. The second kappa shape index (κ2) is 4.95. The molecule has 1 aliphatic rings. The molecule has 1 aromatic heterocycles. The van der Waals surface area contributed by atoms with Gasteiger partial charge in [0.1, 0.15) is 6.54 Å². The number of oxazole rings is 1. The van der Waals surface area contributed by atoms with Gasteiger partial charge in [0.05, 0.1) is 13.2 Å². The van der Waals surface area contributed by atoms with Crippen molar-refractivity contribution in [1.82, 2.24) is 0 Å². The van der Waals surface area contributed by atoms with E-state index in [0.29, 0.717) is 0 Å². The van der Waals surface area contributed by atoms with Crippen LogP contribution in [0.2, 0.25) is 0 Å². The molecule has 0 radical (unpaired) electrons. The van der Waals surface area contributed by atoms with Crippen LogP contribution in [-0.2, 0) is 0 Å². The number of nitrogens with zero attached hydrogens (tertiary/aromatic N) is 2. The van der Waals surface area contributed by atoms with E-state index in [1.54, 1.807) is 0 Å². The summed E-state index contributed by atoms with van der Waals surface area (Å²) in [6, 6.07) is 8.96. The molecular weight excluding hydrogens is 263 g/mol. The average molecular weight is 274 g/mol. The van der Waals surface area contributed by atoms with Gasteiger partial charge in [-0.05, 0) is 18.2 Å². The SMILES string of the molecule is CN1CC=C[n+]2c1oc1ccccc12.F[B-](F)(F)F. The standard InChI is InChI=1S/C11H11N2O.BF4/c1-12-7-4-8-13-9-5-2-3-6-10(9)14-11(12)13;2-1(3,4)5/h2-6,8H,7H2,1H3;/q+1;-1. The number of benzene rings is 1. The number of halogens is 4. The van der Waals surface area contributed by atoms with Crippen LogP contribution in [0.1, 0.15) is 0 Å². The van der Waals surface area contributed by atoms with Crippen LogP contribution in [0.4, 0.5) is 23.3 Å². The Kier molecular flexibility index (Phi) is 3.50. The lowest BCUT2D eigenvalue weighted by Gasteiger charge is -2.08. The van der Waals surface area contributed by atoms with E-state index < -0.39 is 7.25 Å². The maximum Gasteiger partial charge on any atom is 0.673 e. The highest BCUT2D eigenvalue weighted by Crippen LogP contribution is 2.20. The zero-order chi connectivity index (χ0) is 14.0. The van der Waals surface area contributed by atoms with Gasteiger partial charge in [-0.3, -0.25) is 0 Å². The molecule has 19 heavy (non-hydrogen) atoms. The van der Waals surface area contributed by atoms with E-state index in [0.717, 1.165) is 23.7 Å². The molecule has 2 heterocycles. The van der Waals surface area contributed by atoms with E-state index in [2.05, 4.69) is 27.8 Å². The number of fused-ring (bicyclic) bond motifs is 3. The molecule has 0 spiro atoms. The van der Waals surface area contributed by atoms with Crippen LogP contribution in [-0.4, -0.2) is 20.8 Å². The number of aromatic nitrogens is 1. The van der Waals surface area contributed by atoms with Crippen LogP contribution in [0.5, 0.6) is 0 Å². The van der Waals surface area contributed by atoms with Gasteiger partial charge in [-0.2, -0.15) is 4.57 Å². The highest BCUT2D eigenvalue weighted by Gasteiger charge is 2.25. The number of para-hydroxylation sites is 2. The van der Waals surface area contributed by atoms with E-state index in [9.17, 15) is 17.3 Å². The Bertz CT molecular complexity index is 602. The lowest BCUT2D eigenvalue weighted by atomic mass is 10.3. The molecule has 0 saturated carbocycles. The third-order valence-corrected chi connectivity index (χ3v) is 2.49. The second-order valence-electron chi connectivity index (χ2n) is 3.98. The van der Waals surface area contributed by atoms with Gasteiger partial charge in [0.15, 0.2) is 11.1 Å². The van der Waals surface area contributed by atoms with Crippen molar-refractivity contribution in [3.05, 3.63) is 30.3 Å². The van der Waals surface area contributed by atoms with Gasteiger partial charge < -0.3 is 21.7 Å². The summed E-state index contributed by atoms with van der Waals surface area (Å²) in [5.74, 6) is 0. The van der Waals surface area contributed by atoms with E-state index in [-0.39, 0.29) is 0 Å². The molecule has 0 atom stereocenters. The smallest absolute Gasteiger partial charge is 0.418 e. The third kappa shape index (κ3) is 3.27. The molecule has 0 fully saturated rings. The van der Waals surface area contributed by atoms with E-state index in [1.165, 1.54) is 0 Å². The Morgan fingerprint density at radius 2 is 1.84 bits per heavy atom. The minimum atomic E-state index is -6.00. The largest absolute Gasteiger partial charge is 0.673 e. The zero-order valence-electron chi connectivity index (χ0n) is 10.1. The first kappa shape index (κ1) is 13.4. The van der Waals surface area contributed by atoms with Crippen molar-refractivity contribution in [1.29, 1.82) is 0 Å². The maximum atomic E-state index is 9.75. The Morgan fingerprint density at radius 1 is 1.21 bits per heavy atom. The first-order valence-corrected chi connectivity index (χ1v) is 5.54. The molecule has 102 valence electrons. The molecule has 8 heteroatoms. The highest BCUT2D eigenvalue weighted by molar-refractivity contribution is 6.50. The molecule has 3 rings (SSSR count). The number of likely N-dealkylation sites (N-methyl/N-ethyl adjacent to an activating group) is 1. The van der Waals surface area contributed by atoms with Crippen LogP contribution in [0, 0.1) is 0 Å². The van der Waals surface area contributed by atoms with Crippen LogP contribution in [0.15, 0.2) is 34.8 Å². The molecule has 2 aromatic rings.